The maximum absolute atomic E-state index is 12.3. The zero-order chi connectivity index (χ0) is 14.7. The minimum atomic E-state index is -0.252. The molecular formula is C16H12N2O2S. The zero-order valence-corrected chi connectivity index (χ0v) is 11.9. The lowest BCUT2D eigenvalue weighted by Gasteiger charge is -2.12. The summed E-state index contributed by atoms with van der Waals surface area (Å²) in [5.74, 6) is -0.252. The minimum Gasteiger partial charge on any atom is -0.268 e. The molecule has 2 aromatic rings. The van der Waals surface area contributed by atoms with Gasteiger partial charge in [-0.05, 0) is 35.0 Å². The predicted octanol–water partition coefficient (Wildman–Crippen LogP) is 3.32. The third-order valence-corrected chi connectivity index (χ3v) is 3.95. The summed E-state index contributed by atoms with van der Waals surface area (Å²) < 4.78 is 0. The fourth-order valence-electron chi connectivity index (χ4n) is 2.02. The van der Waals surface area contributed by atoms with E-state index in [0.29, 0.717) is 11.4 Å². The first-order chi connectivity index (χ1) is 10.2. The molecule has 5 heteroatoms. The summed E-state index contributed by atoms with van der Waals surface area (Å²) >= 11 is 0.967. The smallest absolute Gasteiger partial charge is 0.268 e. The number of rotatable bonds is 3. The number of carbonyl (C=O) groups excluding carboxylic acids is 2. The number of imide groups is 1. The van der Waals surface area contributed by atoms with Gasteiger partial charge in [-0.25, -0.2) is 0 Å². The van der Waals surface area contributed by atoms with Crippen LogP contribution in [-0.2, 0) is 11.3 Å². The molecule has 2 heterocycles. The van der Waals surface area contributed by atoms with Crippen molar-refractivity contribution in [1.82, 2.24) is 9.88 Å². The lowest BCUT2D eigenvalue weighted by atomic mass is 10.2. The summed E-state index contributed by atoms with van der Waals surface area (Å²) in [5.41, 5.74) is 1.74. The maximum atomic E-state index is 12.3. The van der Waals surface area contributed by atoms with E-state index in [1.807, 2.05) is 36.4 Å². The van der Waals surface area contributed by atoms with Gasteiger partial charge in [0.05, 0.1) is 11.4 Å². The molecule has 1 saturated heterocycles. The average Bonchev–Trinajstić information content (AvgIpc) is 2.77. The van der Waals surface area contributed by atoms with Crippen LogP contribution in [0, 0.1) is 0 Å². The molecule has 0 radical (unpaired) electrons. The Morgan fingerprint density at radius 1 is 1.10 bits per heavy atom. The number of aromatic nitrogens is 1. The number of pyridine rings is 1. The number of hydrogen-bond donors (Lipinski definition) is 0. The molecule has 21 heavy (non-hydrogen) atoms. The van der Waals surface area contributed by atoms with Crippen LogP contribution in [0.4, 0.5) is 4.79 Å². The summed E-state index contributed by atoms with van der Waals surface area (Å²) in [6.45, 7) is 0.301. The van der Waals surface area contributed by atoms with Crippen LogP contribution < -0.4 is 0 Å². The van der Waals surface area contributed by atoms with E-state index in [1.54, 1.807) is 24.5 Å². The van der Waals surface area contributed by atoms with Gasteiger partial charge in [0.25, 0.3) is 11.1 Å². The number of hydrogen-bond acceptors (Lipinski definition) is 4. The van der Waals surface area contributed by atoms with E-state index < -0.39 is 0 Å². The topological polar surface area (TPSA) is 50.3 Å². The van der Waals surface area contributed by atoms with E-state index in [0.717, 1.165) is 22.9 Å². The summed E-state index contributed by atoms with van der Waals surface area (Å²) in [5, 5.41) is -0.237. The normalized spacial score (nSPS) is 16.8. The fourth-order valence-corrected chi connectivity index (χ4v) is 2.85. The Morgan fingerprint density at radius 2 is 1.90 bits per heavy atom. The molecule has 0 bridgehead atoms. The van der Waals surface area contributed by atoms with Gasteiger partial charge in [0, 0.05) is 12.4 Å². The van der Waals surface area contributed by atoms with Gasteiger partial charge in [-0.2, -0.15) is 0 Å². The summed E-state index contributed by atoms with van der Waals surface area (Å²) in [4.78, 5) is 30.0. The first-order valence-corrected chi connectivity index (χ1v) is 7.25. The SMILES string of the molecule is O=C1S/C(=C\c2cccnc2)C(=O)N1Cc1ccccc1. The highest BCUT2D eigenvalue weighted by Gasteiger charge is 2.34. The lowest BCUT2D eigenvalue weighted by Crippen LogP contribution is -2.27. The second-order valence-corrected chi connectivity index (χ2v) is 5.53. The van der Waals surface area contributed by atoms with Crippen molar-refractivity contribution in [1.29, 1.82) is 0 Å². The third-order valence-electron chi connectivity index (χ3n) is 3.04. The molecule has 0 aliphatic carbocycles. The monoisotopic (exact) mass is 296 g/mol. The Morgan fingerprint density at radius 3 is 2.62 bits per heavy atom. The Hall–Kier alpha value is -2.40. The highest BCUT2D eigenvalue weighted by atomic mass is 32.2. The molecule has 1 aromatic carbocycles. The first-order valence-electron chi connectivity index (χ1n) is 6.43. The third kappa shape index (κ3) is 3.03. The molecule has 0 atom stereocenters. The highest BCUT2D eigenvalue weighted by Crippen LogP contribution is 2.33. The molecule has 3 rings (SSSR count). The molecule has 0 saturated carbocycles. The Bertz CT molecular complexity index is 699. The molecular weight excluding hydrogens is 284 g/mol. The Kier molecular flexibility index (Phi) is 3.83. The molecule has 0 N–H and O–H groups in total. The summed E-state index contributed by atoms with van der Waals surface area (Å²) in [6, 6.07) is 13.1. The highest BCUT2D eigenvalue weighted by molar-refractivity contribution is 8.18. The standard InChI is InChI=1S/C16H12N2O2S/c19-15-14(9-13-7-4-8-17-10-13)21-16(20)18(15)11-12-5-2-1-3-6-12/h1-10H,11H2/b14-9-. The summed E-state index contributed by atoms with van der Waals surface area (Å²) in [6.07, 6.45) is 5.02. The van der Waals surface area contributed by atoms with E-state index in [2.05, 4.69) is 4.98 Å². The van der Waals surface area contributed by atoms with Crippen LogP contribution in [-0.4, -0.2) is 21.0 Å². The molecule has 1 aromatic heterocycles. The Balaban J connectivity index is 1.81. The zero-order valence-electron chi connectivity index (χ0n) is 11.1. The molecule has 0 unspecified atom stereocenters. The van der Waals surface area contributed by atoms with Crippen molar-refractivity contribution < 1.29 is 9.59 Å². The molecule has 1 fully saturated rings. The minimum absolute atomic E-state index is 0.237. The van der Waals surface area contributed by atoms with Crippen LogP contribution in [0.3, 0.4) is 0 Å². The fraction of sp³-hybridized carbons (Fsp3) is 0.0625. The molecule has 2 amide bonds. The van der Waals surface area contributed by atoms with Gasteiger partial charge >= 0.3 is 0 Å². The van der Waals surface area contributed by atoms with Crippen molar-refractivity contribution in [3.8, 4) is 0 Å². The van der Waals surface area contributed by atoms with Crippen molar-refractivity contribution in [3.05, 3.63) is 70.9 Å². The first kappa shape index (κ1) is 13.6. The second-order valence-electron chi connectivity index (χ2n) is 4.54. The van der Waals surface area contributed by atoms with Crippen molar-refractivity contribution in [3.63, 3.8) is 0 Å². The largest absolute Gasteiger partial charge is 0.293 e. The van der Waals surface area contributed by atoms with Gasteiger partial charge in [0.1, 0.15) is 0 Å². The van der Waals surface area contributed by atoms with E-state index in [-0.39, 0.29) is 11.1 Å². The van der Waals surface area contributed by atoms with Crippen LogP contribution in [0.1, 0.15) is 11.1 Å². The number of benzene rings is 1. The van der Waals surface area contributed by atoms with Crippen LogP contribution in [0.25, 0.3) is 6.08 Å². The van der Waals surface area contributed by atoms with E-state index >= 15 is 0 Å². The van der Waals surface area contributed by atoms with Crippen molar-refractivity contribution in [2.45, 2.75) is 6.54 Å². The predicted molar refractivity (Wildman–Crippen MR) is 82.2 cm³/mol. The molecule has 1 aliphatic rings. The van der Waals surface area contributed by atoms with Crippen LogP contribution in [0.15, 0.2) is 59.8 Å². The molecule has 0 spiro atoms. The molecule has 1 aliphatic heterocycles. The van der Waals surface area contributed by atoms with E-state index in [9.17, 15) is 9.59 Å². The number of thioether (sulfide) groups is 1. The number of amides is 2. The van der Waals surface area contributed by atoms with Gasteiger partial charge < -0.3 is 0 Å². The van der Waals surface area contributed by atoms with Crippen LogP contribution >= 0.6 is 11.8 Å². The van der Waals surface area contributed by atoms with E-state index in [4.69, 9.17) is 0 Å². The number of carbonyl (C=O) groups is 2. The molecule has 104 valence electrons. The van der Waals surface area contributed by atoms with Crippen molar-refractivity contribution in [2.24, 2.45) is 0 Å². The van der Waals surface area contributed by atoms with Gasteiger partial charge in [0.15, 0.2) is 0 Å². The van der Waals surface area contributed by atoms with Crippen molar-refractivity contribution >= 4 is 29.0 Å². The second kappa shape index (κ2) is 5.93. The van der Waals surface area contributed by atoms with Gasteiger partial charge in [0.2, 0.25) is 0 Å². The maximum Gasteiger partial charge on any atom is 0.293 e. The van der Waals surface area contributed by atoms with Gasteiger partial charge in [-0.1, -0.05) is 36.4 Å². The van der Waals surface area contributed by atoms with Crippen molar-refractivity contribution in [2.75, 3.05) is 0 Å². The van der Waals surface area contributed by atoms with Crippen LogP contribution in [0.2, 0.25) is 0 Å². The number of nitrogens with zero attached hydrogens (tertiary/aromatic N) is 2. The van der Waals surface area contributed by atoms with Crippen LogP contribution in [0.5, 0.6) is 0 Å². The average molecular weight is 296 g/mol. The quantitative estimate of drug-likeness (QED) is 0.815. The van der Waals surface area contributed by atoms with E-state index in [1.165, 1.54) is 4.90 Å². The van der Waals surface area contributed by atoms with Gasteiger partial charge in [-0.3, -0.25) is 19.5 Å². The lowest BCUT2D eigenvalue weighted by molar-refractivity contribution is -0.123. The van der Waals surface area contributed by atoms with Gasteiger partial charge in [-0.15, -0.1) is 0 Å². The summed E-state index contributed by atoms with van der Waals surface area (Å²) in [7, 11) is 0. The molecule has 4 nitrogen and oxygen atoms in total. The Labute approximate surface area is 126 Å².